The van der Waals surface area contributed by atoms with Gasteiger partial charge in [-0.25, -0.2) is 9.98 Å². The van der Waals surface area contributed by atoms with Crippen LogP contribution < -0.4 is 15.1 Å². The molecule has 1 aromatic carbocycles. The fourth-order valence-electron chi connectivity index (χ4n) is 2.91. The molecule has 0 radical (unpaired) electrons. The Morgan fingerprint density at radius 2 is 2.04 bits per heavy atom. The summed E-state index contributed by atoms with van der Waals surface area (Å²) in [6.45, 7) is 4.49. The molecule has 126 valence electrons. The van der Waals surface area contributed by atoms with Crippen molar-refractivity contribution in [3.63, 3.8) is 0 Å². The van der Waals surface area contributed by atoms with Gasteiger partial charge in [0.05, 0.1) is 12.2 Å². The standard InChI is InChI=1S/C19H25N5/c1-4-20-19(24-13-12-15-8-5-6-10-17(15)24)21-14-16-9-7-11-18(22-16)23(2)3/h5-11H,4,12-14H2,1-3H3,(H,20,21). The van der Waals surface area contributed by atoms with E-state index in [0.717, 1.165) is 37.0 Å². The maximum atomic E-state index is 4.82. The Hall–Kier alpha value is -2.56. The lowest BCUT2D eigenvalue weighted by Crippen LogP contribution is -2.40. The highest BCUT2D eigenvalue weighted by molar-refractivity contribution is 5.97. The van der Waals surface area contributed by atoms with Crippen molar-refractivity contribution in [2.75, 3.05) is 37.0 Å². The van der Waals surface area contributed by atoms with Gasteiger partial charge in [0.2, 0.25) is 0 Å². The summed E-state index contributed by atoms with van der Waals surface area (Å²) in [7, 11) is 4.00. The van der Waals surface area contributed by atoms with Crippen LogP contribution in [-0.4, -0.2) is 38.1 Å². The van der Waals surface area contributed by atoms with Crippen molar-refractivity contribution >= 4 is 17.5 Å². The molecule has 1 aromatic heterocycles. The number of guanidine groups is 1. The van der Waals surface area contributed by atoms with Gasteiger partial charge in [-0.15, -0.1) is 0 Å². The van der Waals surface area contributed by atoms with Crippen LogP contribution >= 0.6 is 0 Å². The Morgan fingerprint density at radius 3 is 2.83 bits per heavy atom. The lowest BCUT2D eigenvalue weighted by Gasteiger charge is -2.22. The molecule has 1 N–H and O–H groups in total. The van der Waals surface area contributed by atoms with Crippen LogP contribution in [0.3, 0.4) is 0 Å². The van der Waals surface area contributed by atoms with E-state index in [1.807, 2.05) is 37.2 Å². The normalized spacial score (nSPS) is 13.8. The molecular formula is C19H25N5. The van der Waals surface area contributed by atoms with Gasteiger partial charge in [-0.2, -0.15) is 0 Å². The molecule has 1 aliphatic rings. The number of benzene rings is 1. The average Bonchev–Trinajstić information content (AvgIpc) is 3.03. The van der Waals surface area contributed by atoms with Crippen LogP contribution in [-0.2, 0) is 13.0 Å². The second-order valence-corrected chi connectivity index (χ2v) is 6.08. The Morgan fingerprint density at radius 1 is 1.21 bits per heavy atom. The van der Waals surface area contributed by atoms with Crippen LogP contribution in [0.2, 0.25) is 0 Å². The number of anilines is 2. The Bertz CT molecular complexity index is 723. The molecule has 24 heavy (non-hydrogen) atoms. The fourth-order valence-corrected chi connectivity index (χ4v) is 2.91. The van der Waals surface area contributed by atoms with E-state index >= 15 is 0 Å². The second kappa shape index (κ2) is 7.34. The molecule has 0 saturated carbocycles. The number of para-hydroxylation sites is 1. The van der Waals surface area contributed by atoms with Crippen molar-refractivity contribution in [1.29, 1.82) is 0 Å². The van der Waals surface area contributed by atoms with Gasteiger partial charge in [-0.3, -0.25) is 0 Å². The van der Waals surface area contributed by atoms with Crippen LogP contribution in [0.15, 0.2) is 47.5 Å². The molecule has 0 bridgehead atoms. The number of nitrogens with zero attached hydrogens (tertiary/aromatic N) is 4. The van der Waals surface area contributed by atoms with Crippen molar-refractivity contribution in [2.45, 2.75) is 19.9 Å². The van der Waals surface area contributed by atoms with E-state index in [9.17, 15) is 0 Å². The molecule has 0 saturated heterocycles. The number of nitrogens with one attached hydrogen (secondary N) is 1. The molecule has 1 aliphatic heterocycles. The average molecular weight is 323 g/mol. The first kappa shape index (κ1) is 16.3. The molecule has 0 fully saturated rings. The van der Waals surface area contributed by atoms with Gasteiger partial charge in [-0.1, -0.05) is 24.3 Å². The SMILES string of the molecule is CCNC(=NCc1cccc(N(C)C)n1)N1CCc2ccccc21. The third-order valence-corrected chi connectivity index (χ3v) is 4.12. The van der Waals surface area contributed by atoms with Gasteiger partial charge in [0.15, 0.2) is 5.96 Å². The number of fused-ring (bicyclic) bond motifs is 1. The predicted molar refractivity (Wildman–Crippen MR) is 101 cm³/mol. The summed E-state index contributed by atoms with van der Waals surface area (Å²) in [5.74, 6) is 1.89. The smallest absolute Gasteiger partial charge is 0.198 e. The number of aliphatic imine (C=N–C) groups is 1. The summed E-state index contributed by atoms with van der Waals surface area (Å²) in [5, 5.41) is 3.41. The Balaban J connectivity index is 1.81. The number of rotatable bonds is 4. The summed E-state index contributed by atoms with van der Waals surface area (Å²) in [5.41, 5.74) is 3.62. The molecule has 0 aliphatic carbocycles. The summed E-state index contributed by atoms with van der Waals surface area (Å²) in [4.78, 5) is 13.7. The molecule has 3 rings (SSSR count). The van der Waals surface area contributed by atoms with Crippen molar-refractivity contribution in [3.8, 4) is 0 Å². The van der Waals surface area contributed by atoms with Crippen LogP contribution in [0.4, 0.5) is 11.5 Å². The monoisotopic (exact) mass is 323 g/mol. The minimum Gasteiger partial charge on any atom is -0.363 e. The maximum Gasteiger partial charge on any atom is 0.198 e. The van der Waals surface area contributed by atoms with E-state index in [0.29, 0.717) is 6.54 Å². The van der Waals surface area contributed by atoms with E-state index in [-0.39, 0.29) is 0 Å². The van der Waals surface area contributed by atoms with E-state index in [1.54, 1.807) is 0 Å². The predicted octanol–water partition coefficient (Wildman–Crippen LogP) is 2.68. The van der Waals surface area contributed by atoms with Crippen molar-refractivity contribution in [1.82, 2.24) is 10.3 Å². The van der Waals surface area contributed by atoms with Crippen LogP contribution in [0.25, 0.3) is 0 Å². The van der Waals surface area contributed by atoms with E-state index in [1.165, 1.54) is 11.3 Å². The molecule has 0 atom stereocenters. The molecule has 5 heteroatoms. The van der Waals surface area contributed by atoms with Crippen LogP contribution in [0, 0.1) is 0 Å². The lowest BCUT2D eigenvalue weighted by molar-refractivity contribution is 0.871. The lowest BCUT2D eigenvalue weighted by atomic mass is 10.2. The first-order valence-electron chi connectivity index (χ1n) is 8.46. The van der Waals surface area contributed by atoms with Gasteiger partial charge in [-0.05, 0) is 37.1 Å². The molecule has 0 unspecified atom stereocenters. The zero-order valence-electron chi connectivity index (χ0n) is 14.7. The summed E-state index contributed by atoms with van der Waals surface area (Å²) >= 11 is 0. The molecule has 2 aromatic rings. The summed E-state index contributed by atoms with van der Waals surface area (Å²) in [6, 6.07) is 14.6. The number of hydrogen-bond donors (Lipinski definition) is 1. The number of hydrogen-bond acceptors (Lipinski definition) is 3. The highest BCUT2D eigenvalue weighted by Crippen LogP contribution is 2.27. The van der Waals surface area contributed by atoms with Gasteiger partial charge >= 0.3 is 0 Å². The fraction of sp³-hybridized carbons (Fsp3) is 0.368. The molecule has 2 heterocycles. The third-order valence-electron chi connectivity index (χ3n) is 4.12. The molecule has 0 spiro atoms. The van der Waals surface area contributed by atoms with Gasteiger partial charge in [0, 0.05) is 32.9 Å². The molecule has 5 nitrogen and oxygen atoms in total. The first-order valence-corrected chi connectivity index (χ1v) is 8.46. The van der Waals surface area contributed by atoms with Crippen molar-refractivity contribution in [2.24, 2.45) is 4.99 Å². The second-order valence-electron chi connectivity index (χ2n) is 6.08. The Labute approximate surface area is 144 Å². The zero-order chi connectivity index (χ0) is 16.9. The quantitative estimate of drug-likeness (QED) is 0.694. The number of pyridine rings is 1. The largest absolute Gasteiger partial charge is 0.363 e. The van der Waals surface area contributed by atoms with Gasteiger partial charge in [0.1, 0.15) is 5.82 Å². The minimum absolute atomic E-state index is 0.572. The zero-order valence-corrected chi connectivity index (χ0v) is 14.7. The topological polar surface area (TPSA) is 43.8 Å². The molecule has 0 amide bonds. The highest BCUT2D eigenvalue weighted by atomic mass is 15.3. The molecular weight excluding hydrogens is 298 g/mol. The maximum absolute atomic E-state index is 4.82. The summed E-state index contributed by atoms with van der Waals surface area (Å²) in [6.07, 6.45) is 1.06. The minimum atomic E-state index is 0.572. The van der Waals surface area contributed by atoms with Crippen molar-refractivity contribution < 1.29 is 0 Å². The van der Waals surface area contributed by atoms with Crippen molar-refractivity contribution in [3.05, 3.63) is 53.7 Å². The van der Waals surface area contributed by atoms with Crippen LogP contribution in [0.1, 0.15) is 18.2 Å². The third kappa shape index (κ3) is 3.50. The van der Waals surface area contributed by atoms with Crippen LogP contribution in [0.5, 0.6) is 0 Å². The summed E-state index contributed by atoms with van der Waals surface area (Å²) < 4.78 is 0. The van der Waals surface area contributed by atoms with E-state index in [2.05, 4.69) is 46.4 Å². The van der Waals surface area contributed by atoms with E-state index in [4.69, 9.17) is 4.99 Å². The van der Waals surface area contributed by atoms with Gasteiger partial charge in [0.25, 0.3) is 0 Å². The Kier molecular flexibility index (Phi) is 4.99. The highest BCUT2D eigenvalue weighted by Gasteiger charge is 2.22. The van der Waals surface area contributed by atoms with Gasteiger partial charge < -0.3 is 15.1 Å². The first-order chi connectivity index (χ1) is 11.7. The van der Waals surface area contributed by atoms with E-state index < -0.39 is 0 Å². The number of aromatic nitrogens is 1.